The molecule has 2 saturated heterocycles. The lowest BCUT2D eigenvalue weighted by molar-refractivity contribution is -0.240. The Morgan fingerprint density at radius 1 is 0.898 bits per heavy atom. The molecule has 0 aromatic carbocycles. The van der Waals surface area contributed by atoms with E-state index in [4.69, 9.17) is 14.6 Å². The molecule has 0 bridgehead atoms. The molecule has 338 valence electrons. The molecule has 0 radical (unpaired) electrons. The van der Waals surface area contributed by atoms with E-state index in [2.05, 4.69) is 26.0 Å². The molecule has 5 unspecified atom stereocenters. The summed E-state index contributed by atoms with van der Waals surface area (Å²) in [4.78, 5) is 62.1. The second kappa shape index (κ2) is 31.6. The van der Waals surface area contributed by atoms with Crippen molar-refractivity contribution in [3.8, 4) is 0 Å². The molecule has 11 nitrogen and oxygen atoms in total. The van der Waals surface area contributed by atoms with Crippen molar-refractivity contribution in [1.82, 2.24) is 4.90 Å². The van der Waals surface area contributed by atoms with Crippen LogP contribution in [0.4, 0.5) is 0 Å². The first-order valence-electron chi connectivity index (χ1n) is 22.4. The molecule has 0 spiro atoms. The van der Waals surface area contributed by atoms with Crippen molar-refractivity contribution in [3.05, 3.63) is 47.6 Å². The molecule has 3 rings (SSSR count). The Morgan fingerprint density at radius 2 is 1.54 bits per heavy atom. The van der Waals surface area contributed by atoms with Gasteiger partial charge in [-0.2, -0.15) is 0 Å². The van der Waals surface area contributed by atoms with Gasteiger partial charge in [0.2, 0.25) is 5.79 Å². The smallest absolute Gasteiger partial charge is 0.328 e. The van der Waals surface area contributed by atoms with Crippen LogP contribution in [0, 0.1) is 17.8 Å². The van der Waals surface area contributed by atoms with Crippen molar-refractivity contribution >= 4 is 29.2 Å². The lowest BCUT2D eigenvalue weighted by Crippen LogP contribution is -2.59. The maximum atomic E-state index is 12.7. The van der Waals surface area contributed by atoms with Crippen molar-refractivity contribution in [3.63, 3.8) is 0 Å². The molecule has 2 heterocycles. The van der Waals surface area contributed by atoms with E-state index < -0.39 is 41.5 Å². The molecule has 0 aromatic rings. The number of nitrogens with zero attached hydrogens (tertiary/aromatic N) is 1. The van der Waals surface area contributed by atoms with E-state index in [0.29, 0.717) is 37.8 Å². The highest BCUT2D eigenvalue weighted by Crippen LogP contribution is 2.31. The van der Waals surface area contributed by atoms with Gasteiger partial charge in [-0.3, -0.25) is 19.2 Å². The molecule has 3 N–H and O–H groups in total. The summed E-state index contributed by atoms with van der Waals surface area (Å²) in [5.41, 5.74) is 2.03. The first-order valence-corrected chi connectivity index (χ1v) is 22.4. The number of likely N-dealkylation sites (tertiary alicyclic amines) is 1. The van der Waals surface area contributed by atoms with Crippen LogP contribution in [0.25, 0.3) is 0 Å². The Kier molecular flexibility index (Phi) is 29.9. The van der Waals surface area contributed by atoms with Crippen LogP contribution in [0.3, 0.4) is 0 Å². The fraction of sp³-hybridized carbons (Fsp3) is 0.729. The van der Waals surface area contributed by atoms with Crippen molar-refractivity contribution < 1.29 is 48.8 Å². The fourth-order valence-corrected chi connectivity index (χ4v) is 6.45. The molecular weight excluding hydrogens is 751 g/mol. The van der Waals surface area contributed by atoms with Gasteiger partial charge in [0.15, 0.2) is 0 Å². The quantitative estimate of drug-likeness (QED) is 0.0558. The number of amides is 1. The number of carbonyl (C=O) groups excluding carboxylic acids is 5. The highest BCUT2D eigenvalue weighted by atomic mass is 16.6. The maximum absolute atomic E-state index is 12.7. The van der Waals surface area contributed by atoms with E-state index in [1.807, 2.05) is 52.8 Å². The monoisotopic (exact) mass is 832 g/mol. The summed E-state index contributed by atoms with van der Waals surface area (Å²) >= 11 is 0. The number of hydrogen-bond acceptors (Lipinski definition) is 10. The minimum absolute atomic E-state index is 0.0359. The molecule has 11 heteroatoms. The van der Waals surface area contributed by atoms with Gasteiger partial charge in [0.1, 0.15) is 17.6 Å². The number of carbonyl (C=O) groups is 5. The number of aliphatic hydroxyl groups excluding tert-OH is 2. The molecule has 2 aliphatic heterocycles. The van der Waals surface area contributed by atoms with Crippen LogP contribution in [0.1, 0.15) is 166 Å². The van der Waals surface area contributed by atoms with Gasteiger partial charge >= 0.3 is 5.97 Å². The highest BCUT2D eigenvalue weighted by molar-refractivity contribution is 6.39. The SMILES string of the molecule is CC.CC(C)COC(=O)C1CCCCN1C(=O)C(=O)C1(O)OCCCC1C.CC/C(C)=C/C=C/C=C/CCC(C)C(=O)CC(O)/C(C)=C/CC(C)=O.OC1CCCCC1. The lowest BCUT2D eigenvalue weighted by Gasteiger charge is -2.39. The number of hydrogen-bond donors (Lipinski definition) is 3. The summed E-state index contributed by atoms with van der Waals surface area (Å²) in [6, 6.07) is -0.772. The molecule has 3 aliphatic rings. The van der Waals surface area contributed by atoms with E-state index in [0.717, 1.165) is 44.9 Å². The average molecular weight is 832 g/mol. The predicted molar refractivity (Wildman–Crippen MR) is 235 cm³/mol. The number of piperidine rings is 1. The van der Waals surface area contributed by atoms with E-state index >= 15 is 0 Å². The Morgan fingerprint density at radius 3 is 2.10 bits per heavy atom. The minimum atomic E-state index is -2.10. The van der Waals surface area contributed by atoms with Crippen LogP contribution < -0.4 is 0 Å². The second-order valence-corrected chi connectivity index (χ2v) is 16.4. The summed E-state index contributed by atoms with van der Waals surface area (Å²) in [5.74, 6) is -4.67. The third-order valence-corrected chi connectivity index (χ3v) is 10.7. The van der Waals surface area contributed by atoms with Gasteiger partial charge in [0.05, 0.1) is 25.4 Å². The van der Waals surface area contributed by atoms with E-state index in [-0.39, 0.29) is 49.1 Å². The van der Waals surface area contributed by atoms with Crippen LogP contribution in [0.2, 0.25) is 0 Å². The Bertz CT molecular complexity index is 1380. The van der Waals surface area contributed by atoms with Crippen LogP contribution in [-0.4, -0.2) is 93.2 Å². The molecule has 59 heavy (non-hydrogen) atoms. The molecule has 1 saturated carbocycles. The van der Waals surface area contributed by atoms with E-state index in [9.17, 15) is 34.2 Å². The number of ether oxygens (including phenoxy) is 2. The normalized spacial score (nSPS) is 22.6. The van der Waals surface area contributed by atoms with Crippen LogP contribution in [0.15, 0.2) is 47.6 Å². The topological polar surface area (TPSA) is 168 Å². The third kappa shape index (κ3) is 22.8. The number of esters is 1. The first-order chi connectivity index (χ1) is 27.9. The molecule has 0 aromatic heterocycles. The summed E-state index contributed by atoms with van der Waals surface area (Å²) in [6.45, 7) is 19.8. The van der Waals surface area contributed by atoms with E-state index in [1.54, 1.807) is 19.9 Å². The predicted octanol–water partition coefficient (Wildman–Crippen LogP) is 8.73. The number of rotatable bonds is 17. The van der Waals surface area contributed by atoms with Gasteiger partial charge < -0.3 is 29.7 Å². The zero-order chi connectivity index (χ0) is 45.0. The van der Waals surface area contributed by atoms with Gasteiger partial charge in [-0.1, -0.05) is 110 Å². The summed E-state index contributed by atoms with van der Waals surface area (Å²) in [6.07, 6.45) is 23.4. The Labute approximate surface area is 356 Å². The van der Waals surface area contributed by atoms with Crippen LogP contribution in [0.5, 0.6) is 0 Å². The van der Waals surface area contributed by atoms with Crippen molar-refractivity contribution in [2.45, 2.75) is 190 Å². The highest BCUT2D eigenvalue weighted by Gasteiger charge is 2.50. The number of aliphatic hydroxyl groups is 3. The molecule has 3 fully saturated rings. The molecule has 5 atom stereocenters. The number of ketones is 3. The summed E-state index contributed by atoms with van der Waals surface area (Å²) in [7, 11) is 0. The van der Waals surface area contributed by atoms with Gasteiger partial charge in [-0.25, -0.2) is 4.79 Å². The lowest BCUT2D eigenvalue weighted by atomic mass is 9.88. The summed E-state index contributed by atoms with van der Waals surface area (Å²) < 4.78 is 10.5. The van der Waals surface area contributed by atoms with Gasteiger partial charge in [0, 0.05) is 31.2 Å². The number of Topliss-reactive ketones (excluding diaryl/α,β-unsaturated/α-hetero) is 3. The molecule has 1 amide bonds. The maximum Gasteiger partial charge on any atom is 0.328 e. The van der Waals surface area contributed by atoms with Gasteiger partial charge in [-0.15, -0.1) is 0 Å². The van der Waals surface area contributed by atoms with Crippen molar-refractivity contribution in [2.24, 2.45) is 17.8 Å². The van der Waals surface area contributed by atoms with Crippen molar-refractivity contribution in [2.75, 3.05) is 19.8 Å². The molecule has 1 aliphatic carbocycles. The summed E-state index contributed by atoms with van der Waals surface area (Å²) in [5, 5.41) is 29.5. The minimum Gasteiger partial charge on any atom is -0.464 e. The Hall–Kier alpha value is -3.25. The largest absolute Gasteiger partial charge is 0.464 e. The second-order valence-electron chi connectivity index (χ2n) is 16.4. The first kappa shape index (κ1) is 55.8. The van der Waals surface area contributed by atoms with Crippen LogP contribution in [-0.2, 0) is 33.4 Å². The average Bonchev–Trinajstić information content (AvgIpc) is 3.23. The third-order valence-electron chi connectivity index (χ3n) is 10.7. The van der Waals surface area contributed by atoms with Gasteiger partial charge in [0.25, 0.3) is 11.7 Å². The number of allylic oxidation sites excluding steroid dienone is 7. The Balaban J connectivity index is 0.000000941. The zero-order valence-corrected chi connectivity index (χ0v) is 38.3. The van der Waals surface area contributed by atoms with Crippen LogP contribution >= 0.6 is 0 Å². The van der Waals surface area contributed by atoms with Crippen molar-refractivity contribution in [1.29, 1.82) is 0 Å². The fourth-order valence-electron chi connectivity index (χ4n) is 6.45. The molecular formula is C48H81NO10. The zero-order valence-electron chi connectivity index (χ0n) is 38.3. The van der Waals surface area contributed by atoms with Gasteiger partial charge in [-0.05, 0) is 96.5 Å². The standard InChI is InChI=1S/C22H34O3.C18H29NO6.C6H12O.C2H6/c1-6-17(2)12-10-8-7-9-11-13-18(3)21(24)16-22(25)19(4)14-15-20(5)23;1-12(2)11-24-17(22)14-8-4-5-9-19(14)16(21)15(20)18(23)13(3)7-6-10-25-18;7-6-4-2-1-3-5-6;1-2/h7-10,12,14,18,22,25H,6,11,13,15-16H2,1-5H3;12-14,23H,4-11H2,1-3H3;6-7H,1-5H2;1-2H3/b9-7+,10-8+,17-12+,19-14+;;;. The van der Waals surface area contributed by atoms with E-state index in [1.165, 1.54) is 36.7 Å².